The fraction of sp³-hybridized carbons (Fsp3) is 0.250. The number of Topliss-reactive ketones (excluding diaryl/α,β-unsaturated/α-hetero) is 1. The van der Waals surface area contributed by atoms with Crippen LogP contribution in [0, 0.1) is 6.92 Å². The van der Waals surface area contributed by atoms with Crippen LogP contribution in [0.15, 0.2) is 18.5 Å². The predicted molar refractivity (Wildman–Crippen MR) is 42.4 cm³/mol. The molecule has 0 saturated carbocycles. The smallest absolute Gasteiger partial charge is 0.176 e. The van der Waals surface area contributed by atoms with Gasteiger partial charge in [-0.05, 0) is 18.6 Å². The summed E-state index contributed by atoms with van der Waals surface area (Å²) in [5, 5.41) is 0. The molecule has 0 atom stereocenters. The minimum absolute atomic E-state index is 0.0371. The van der Waals surface area contributed by atoms with E-state index in [1.165, 1.54) is 0 Å². The highest BCUT2D eigenvalue weighted by Crippen LogP contribution is 2.04. The highest BCUT2D eigenvalue weighted by molar-refractivity contribution is 5.98. The first-order valence-corrected chi connectivity index (χ1v) is 3.39. The van der Waals surface area contributed by atoms with Crippen molar-refractivity contribution in [3.63, 3.8) is 0 Å². The topological polar surface area (TPSA) is 56.0 Å². The number of carbonyl (C=O) groups excluding carboxylic acids is 1. The van der Waals surface area contributed by atoms with Gasteiger partial charge in [0.2, 0.25) is 0 Å². The van der Waals surface area contributed by atoms with Crippen molar-refractivity contribution in [1.82, 2.24) is 4.98 Å². The van der Waals surface area contributed by atoms with Gasteiger partial charge in [0, 0.05) is 18.0 Å². The van der Waals surface area contributed by atoms with E-state index in [0.717, 1.165) is 5.56 Å². The number of ketones is 1. The lowest BCUT2D eigenvalue weighted by atomic mass is 10.1. The second-order valence-corrected chi connectivity index (χ2v) is 2.32. The maximum atomic E-state index is 11.1. The minimum atomic E-state index is -0.0371. The van der Waals surface area contributed by atoms with E-state index in [1.54, 1.807) is 18.5 Å². The molecule has 0 spiro atoms. The monoisotopic (exact) mass is 150 g/mol. The minimum Gasteiger partial charge on any atom is -0.324 e. The van der Waals surface area contributed by atoms with E-state index in [9.17, 15) is 4.79 Å². The largest absolute Gasteiger partial charge is 0.324 e. The Balaban J connectivity index is 3.03. The molecule has 58 valence electrons. The van der Waals surface area contributed by atoms with Crippen molar-refractivity contribution in [3.8, 4) is 0 Å². The number of hydrogen-bond donors (Lipinski definition) is 1. The zero-order chi connectivity index (χ0) is 8.27. The van der Waals surface area contributed by atoms with Crippen LogP contribution in [0.25, 0.3) is 0 Å². The van der Waals surface area contributed by atoms with Crippen molar-refractivity contribution in [3.05, 3.63) is 29.6 Å². The summed E-state index contributed by atoms with van der Waals surface area (Å²) < 4.78 is 0. The summed E-state index contributed by atoms with van der Waals surface area (Å²) in [7, 11) is 0. The molecule has 1 aromatic rings. The predicted octanol–water partition coefficient (Wildman–Crippen LogP) is 0.531. The van der Waals surface area contributed by atoms with Crippen LogP contribution in [-0.2, 0) is 0 Å². The molecule has 0 aromatic carbocycles. The van der Waals surface area contributed by atoms with Gasteiger partial charge in [0.1, 0.15) is 0 Å². The first-order valence-electron chi connectivity index (χ1n) is 3.39. The maximum Gasteiger partial charge on any atom is 0.176 e. The van der Waals surface area contributed by atoms with Crippen LogP contribution in [0.2, 0.25) is 0 Å². The lowest BCUT2D eigenvalue weighted by Gasteiger charge is -1.99. The Bertz CT molecular complexity index is 271. The average Bonchev–Trinajstić information content (AvgIpc) is 2.04. The van der Waals surface area contributed by atoms with Crippen molar-refractivity contribution in [2.75, 3.05) is 6.54 Å². The molecular weight excluding hydrogens is 140 g/mol. The molecule has 0 saturated heterocycles. The van der Waals surface area contributed by atoms with Gasteiger partial charge in [-0.15, -0.1) is 0 Å². The van der Waals surface area contributed by atoms with Gasteiger partial charge in [-0.25, -0.2) is 0 Å². The molecule has 1 rings (SSSR count). The van der Waals surface area contributed by atoms with Gasteiger partial charge in [0.15, 0.2) is 5.78 Å². The molecule has 0 bridgehead atoms. The van der Waals surface area contributed by atoms with Gasteiger partial charge in [0.05, 0.1) is 6.54 Å². The van der Waals surface area contributed by atoms with Crippen LogP contribution in [-0.4, -0.2) is 17.3 Å². The van der Waals surface area contributed by atoms with Crippen molar-refractivity contribution in [2.45, 2.75) is 6.92 Å². The number of aryl methyl sites for hydroxylation is 1. The van der Waals surface area contributed by atoms with E-state index >= 15 is 0 Å². The van der Waals surface area contributed by atoms with Crippen molar-refractivity contribution in [2.24, 2.45) is 5.73 Å². The van der Waals surface area contributed by atoms with Crippen molar-refractivity contribution >= 4 is 5.78 Å². The third-order valence-corrected chi connectivity index (χ3v) is 1.51. The van der Waals surface area contributed by atoms with Gasteiger partial charge in [-0.2, -0.15) is 0 Å². The van der Waals surface area contributed by atoms with E-state index in [-0.39, 0.29) is 12.3 Å². The summed E-state index contributed by atoms with van der Waals surface area (Å²) in [5.41, 5.74) is 6.75. The Morgan fingerprint density at radius 3 is 3.00 bits per heavy atom. The normalized spacial score (nSPS) is 9.64. The lowest BCUT2D eigenvalue weighted by Crippen LogP contribution is -2.14. The Morgan fingerprint density at radius 2 is 2.45 bits per heavy atom. The fourth-order valence-electron chi connectivity index (χ4n) is 0.896. The summed E-state index contributed by atoms with van der Waals surface area (Å²) in [4.78, 5) is 15.0. The first-order chi connectivity index (χ1) is 5.25. The van der Waals surface area contributed by atoms with Gasteiger partial charge >= 0.3 is 0 Å². The molecule has 3 heteroatoms. The van der Waals surface area contributed by atoms with Gasteiger partial charge in [-0.1, -0.05) is 0 Å². The molecular formula is C8H10N2O. The van der Waals surface area contributed by atoms with E-state index in [0.29, 0.717) is 5.56 Å². The third kappa shape index (κ3) is 1.62. The molecule has 0 radical (unpaired) electrons. The molecule has 0 aliphatic rings. The van der Waals surface area contributed by atoms with Gasteiger partial charge in [-0.3, -0.25) is 9.78 Å². The average molecular weight is 150 g/mol. The summed E-state index contributed by atoms with van der Waals surface area (Å²) in [6.45, 7) is 1.90. The molecule has 0 unspecified atom stereocenters. The van der Waals surface area contributed by atoms with E-state index in [1.807, 2.05) is 6.92 Å². The highest BCUT2D eigenvalue weighted by Gasteiger charge is 2.04. The Morgan fingerprint density at radius 1 is 1.73 bits per heavy atom. The van der Waals surface area contributed by atoms with Crippen molar-refractivity contribution < 1.29 is 4.79 Å². The lowest BCUT2D eigenvalue weighted by molar-refractivity contribution is 0.100. The number of rotatable bonds is 2. The zero-order valence-corrected chi connectivity index (χ0v) is 6.37. The molecule has 0 aliphatic heterocycles. The number of carbonyl (C=O) groups is 1. The van der Waals surface area contributed by atoms with Crippen LogP contribution in [0.3, 0.4) is 0 Å². The second-order valence-electron chi connectivity index (χ2n) is 2.32. The zero-order valence-electron chi connectivity index (χ0n) is 6.37. The molecule has 11 heavy (non-hydrogen) atoms. The summed E-state index contributed by atoms with van der Waals surface area (Å²) in [6.07, 6.45) is 3.25. The summed E-state index contributed by atoms with van der Waals surface area (Å²) >= 11 is 0. The Labute approximate surface area is 65.2 Å². The Kier molecular flexibility index (Phi) is 2.33. The van der Waals surface area contributed by atoms with Gasteiger partial charge < -0.3 is 5.73 Å². The van der Waals surface area contributed by atoms with Crippen LogP contribution in [0.4, 0.5) is 0 Å². The van der Waals surface area contributed by atoms with Crippen LogP contribution >= 0.6 is 0 Å². The van der Waals surface area contributed by atoms with E-state index in [4.69, 9.17) is 5.73 Å². The number of nitrogens with two attached hydrogens (primary N) is 1. The number of aromatic nitrogens is 1. The molecule has 1 heterocycles. The first kappa shape index (κ1) is 7.88. The van der Waals surface area contributed by atoms with Gasteiger partial charge in [0.25, 0.3) is 0 Å². The molecule has 0 amide bonds. The number of pyridine rings is 1. The van der Waals surface area contributed by atoms with E-state index < -0.39 is 0 Å². The molecule has 1 aromatic heterocycles. The number of hydrogen-bond acceptors (Lipinski definition) is 3. The SMILES string of the molecule is Cc1cnccc1C(=O)CN. The highest BCUT2D eigenvalue weighted by atomic mass is 16.1. The van der Waals surface area contributed by atoms with Crippen LogP contribution in [0.5, 0.6) is 0 Å². The standard InChI is InChI=1S/C8H10N2O/c1-6-5-10-3-2-7(6)8(11)4-9/h2-3,5H,4,9H2,1H3. The molecule has 2 N–H and O–H groups in total. The van der Waals surface area contributed by atoms with E-state index in [2.05, 4.69) is 4.98 Å². The summed E-state index contributed by atoms with van der Waals surface area (Å²) in [5.74, 6) is -0.0371. The Hall–Kier alpha value is -1.22. The summed E-state index contributed by atoms with van der Waals surface area (Å²) in [6, 6.07) is 1.69. The van der Waals surface area contributed by atoms with Crippen LogP contribution in [0.1, 0.15) is 15.9 Å². The third-order valence-electron chi connectivity index (χ3n) is 1.51. The number of nitrogens with zero attached hydrogens (tertiary/aromatic N) is 1. The quantitative estimate of drug-likeness (QED) is 0.626. The molecule has 0 fully saturated rings. The second kappa shape index (κ2) is 3.25. The molecule has 0 aliphatic carbocycles. The maximum absolute atomic E-state index is 11.1. The van der Waals surface area contributed by atoms with Crippen LogP contribution < -0.4 is 5.73 Å². The fourth-order valence-corrected chi connectivity index (χ4v) is 0.896. The van der Waals surface area contributed by atoms with Crippen molar-refractivity contribution in [1.29, 1.82) is 0 Å². The molecule has 3 nitrogen and oxygen atoms in total.